The molecule has 184 valence electrons. The number of hydrogen-bond donors (Lipinski definition) is 0. The van der Waals surface area contributed by atoms with E-state index >= 15 is 0 Å². The molecule has 34 heavy (non-hydrogen) atoms. The third-order valence-corrected chi connectivity index (χ3v) is 6.22. The van der Waals surface area contributed by atoms with Gasteiger partial charge < -0.3 is 4.84 Å². The van der Waals surface area contributed by atoms with Crippen LogP contribution < -0.4 is 0 Å². The second-order valence-corrected chi connectivity index (χ2v) is 8.63. The van der Waals surface area contributed by atoms with Gasteiger partial charge in [-0.05, 0) is 91.5 Å². The molecule has 0 radical (unpaired) electrons. The van der Waals surface area contributed by atoms with Gasteiger partial charge in [-0.25, -0.2) is 0 Å². The fourth-order valence-corrected chi connectivity index (χ4v) is 4.16. The summed E-state index contributed by atoms with van der Waals surface area (Å²) in [6.45, 7) is -5.97. The van der Waals surface area contributed by atoms with Crippen LogP contribution in [-0.4, -0.2) is 23.7 Å². The Bertz CT molecular complexity index is 1400. The zero-order valence-electron chi connectivity index (χ0n) is 29.1. The summed E-state index contributed by atoms with van der Waals surface area (Å²) in [6, 6.07) is 6.68. The van der Waals surface area contributed by atoms with Crippen molar-refractivity contribution < 1.29 is 31.7 Å². The number of hydrogen-bond acceptors (Lipinski definition) is 3. The summed E-state index contributed by atoms with van der Waals surface area (Å²) in [5.41, 5.74) is -2.33. The molecule has 2 aliphatic rings. The van der Waals surface area contributed by atoms with Crippen LogP contribution in [0.1, 0.15) is 105 Å². The molecule has 0 spiro atoms. The second-order valence-electron chi connectivity index (χ2n) is 8.63. The summed E-state index contributed by atoms with van der Waals surface area (Å²) >= 11 is 0. The summed E-state index contributed by atoms with van der Waals surface area (Å²) in [5.74, 6) is -1.43. The predicted molar refractivity (Wildman–Crippen MR) is 130 cm³/mol. The van der Waals surface area contributed by atoms with Crippen LogP contribution in [0.4, 0.5) is 13.2 Å². The van der Waals surface area contributed by atoms with Gasteiger partial charge >= 0.3 is 6.18 Å². The number of likely N-dealkylation sites (tertiary alicyclic amines) is 1. The highest BCUT2D eigenvalue weighted by Crippen LogP contribution is 2.41. The molecule has 2 fully saturated rings. The van der Waals surface area contributed by atoms with Crippen LogP contribution in [0.5, 0.6) is 0 Å². The Hall–Kier alpha value is -2.34. The number of halogens is 3. The lowest BCUT2D eigenvalue weighted by Gasteiger charge is -2.31. The van der Waals surface area contributed by atoms with Gasteiger partial charge in [-0.2, -0.15) is 13.2 Å². The SMILES string of the molecule is [2H]C1(c2ccc(C([2H])([2H])O/N=C(\C)c3ccc(C([2H])([2H])N4CCC4)c(C([2H])([2H])C([2H])([2H])[2H])c3)cc2C(F)(F)F)CCCCC1. The smallest absolute Gasteiger partial charge is 0.391 e. The van der Waals surface area contributed by atoms with Crippen molar-refractivity contribution in [3.63, 3.8) is 0 Å². The zero-order chi connectivity index (χ0) is 32.9. The first-order valence-corrected chi connectivity index (χ1v) is 11.5. The standard InChI is InChI=1S/C28H35F3N2O/c1-3-22-17-24(11-12-25(22)18-33-14-7-15-33)20(2)32-34-19-21-10-13-26(23-8-5-4-6-9-23)27(16-21)28(29,30)31/h10-13,16-17,23H,3-9,14-15,18-19H2,1-2H3/b32-20+/i1D3,3D2,18D2,19D2,23D. The van der Waals surface area contributed by atoms with Crippen LogP contribution in [0.3, 0.4) is 0 Å². The van der Waals surface area contributed by atoms with E-state index in [0.29, 0.717) is 32.0 Å². The summed E-state index contributed by atoms with van der Waals surface area (Å²) in [5, 5.41) is 3.76. The molecule has 0 amide bonds. The Morgan fingerprint density at radius 1 is 1.12 bits per heavy atom. The van der Waals surface area contributed by atoms with E-state index in [0.717, 1.165) is 31.0 Å². The summed E-state index contributed by atoms with van der Waals surface area (Å²) in [4.78, 5) is 6.54. The Kier molecular flexibility index (Phi) is 4.80. The third kappa shape index (κ3) is 6.01. The van der Waals surface area contributed by atoms with Gasteiger partial charge in [0.2, 0.25) is 0 Å². The lowest BCUT2D eigenvalue weighted by atomic mass is 9.81. The van der Waals surface area contributed by atoms with Crippen LogP contribution in [0, 0.1) is 0 Å². The average Bonchev–Trinajstić information content (AvgIpc) is 2.89. The van der Waals surface area contributed by atoms with Crippen LogP contribution in [0.2, 0.25) is 0 Å². The van der Waals surface area contributed by atoms with Crippen LogP contribution in [0.25, 0.3) is 0 Å². The van der Waals surface area contributed by atoms with Crippen molar-refractivity contribution in [1.29, 1.82) is 0 Å². The minimum atomic E-state index is -4.84. The normalized spacial score (nSPS) is 25.0. The van der Waals surface area contributed by atoms with Crippen molar-refractivity contribution in [3.8, 4) is 0 Å². The Morgan fingerprint density at radius 3 is 2.59 bits per heavy atom. The maximum Gasteiger partial charge on any atom is 0.416 e. The van der Waals surface area contributed by atoms with Gasteiger partial charge in [0, 0.05) is 17.5 Å². The first-order valence-electron chi connectivity index (χ1n) is 16.5. The molecule has 4 rings (SSSR count). The molecule has 1 saturated carbocycles. The maximum absolute atomic E-state index is 14.1. The van der Waals surface area contributed by atoms with E-state index in [-0.39, 0.29) is 35.2 Å². The predicted octanol–water partition coefficient (Wildman–Crippen LogP) is 7.46. The van der Waals surface area contributed by atoms with Gasteiger partial charge in [-0.15, -0.1) is 0 Å². The molecule has 1 aliphatic heterocycles. The average molecular weight is 483 g/mol. The van der Waals surface area contributed by atoms with Gasteiger partial charge in [0.05, 0.1) is 14.0 Å². The Balaban J connectivity index is 1.69. The van der Waals surface area contributed by atoms with E-state index in [1.807, 2.05) is 0 Å². The molecular weight excluding hydrogens is 437 g/mol. The number of nitrogens with zero attached hydrogens (tertiary/aromatic N) is 2. The van der Waals surface area contributed by atoms with Crippen LogP contribution in [0.15, 0.2) is 41.6 Å². The van der Waals surface area contributed by atoms with Gasteiger partial charge in [0.1, 0.15) is 6.56 Å². The van der Waals surface area contributed by atoms with Gasteiger partial charge in [-0.1, -0.05) is 55.5 Å². The Labute approximate surface area is 215 Å². The van der Waals surface area contributed by atoms with Crippen molar-refractivity contribution in [3.05, 3.63) is 69.8 Å². The molecular formula is C28H35F3N2O. The molecule has 1 aliphatic carbocycles. The molecule has 2 aromatic carbocycles. The number of alkyl halides is 3. The maximum atomic E-state index is 14.1. The number of aryl methyl sites for hydroxylation is 1. The third-order valence-electron chi connectivity index (χ3n) is 6.22. The van der Waals surface area contributed by atoms with E-state index in [1.165, 1.54) is 24.0 Å². The molecule has 1 saturated heterocycles. The summed E-state index contributed by atoms with van der Waals surface area (Å²) in [7, 11) is 0. The zero-order valence-corrected chi connectivity index (χ0v) is 19.1. The largest absolute Gasteiger partial charge is 0.416 e. The molecule has 0 bridgehead atoms. The van der Waals surface area contributed by atoms with Gasteiger partial charge in [0.25, 0.3) is 0 Å². The second kappa shape index (κ2) is 10.9. The quantitative estimate of drug-likeness (QED) is 0.288. The highest BCUT2D eigenvalue weighted by molar-refractivity contribution is 5.98. The van der Waals surface area contributed by atoms with E-state index in [9.17, 15) is 13.2 Å². The summed E-state index contributed by atoms with van der Waals surface area (Å²) in [6.07, 6.45) is -4.45. The van der Waals surface area contributed by atoms with Crippen molar-refractivity contribution in [2.75, 3.05) is 13.1 Å². The highest BCUT2D eigenvalue weighted by Gasteiger charge is 2.35. The van der Waals surface area contributed by atoms with E-state index in [2.05, 4.69) is 5.16 Å². The van der Waals surface area contributed by atoms with Crippen LogP contribution >= 0.6 is 0 Å². The first kappa shape index (κ1) is 14.9. The molecule has 3 nitrogen and oxygen atoms in total. The van der Waals surface area contributed by atoms with Crippen LogP contribution in [-0.2, 0) is 30.4 Å². The monoisotopic (exact) mass is 482 g/mol. The van der Waals surface area contributed by atoms with E-state index in [4.69, 9.17) is 18.5 Å². The molecule has 2 aromatic rings. The fourth-order valence-electron chi connectivity index (χ4n) is 4.16. The number of benzene rings is 2. The molecule has 0 atom stereocenters. The van der Waals surface area contributed by atoms with Crippen molar-refractivity contribution in [1.82, 2.24) is 4.90 Å². The van der Waals surface area contributed by atoms with Gasteiger partial charge in [0.15, 0.2) is 0 Å². The van der Waals surface area contributed by atoms with E-state index in [1.54, 1.807) is 0 Å². The molecule has 6 heteroatoms. The van der Waals surface area contributed by atoms with Crippen molar-refractivity contribution >= 4 is 5.71 Å². The van der Waals surface area contributed by atoms with Crippen molar-refractivity contribution in [2.45, 2.75) is 83.8 Å². The Morgan fingerprint density at radius 2 is 1.91 bits per heavy atom. The fraction of sp³-hybridized carbons (Fsp3) is 0.536. The molecule has 0 N–H and O–H groups in total. The first-order chi connectivity index (χ1) is 20.1. The minimum absolute atomic E-state index is 0.0486. The highest BCUT2D eigenvalue weighted by atomic mass is 19.4. The van der Waals surface area contributed by atoms with Gasteiger partial charge in [-0.3, -0.25) is 4.90 Å². The number of rotatable bonds is 8. The summed E-state index contributed by atoms with van der Waals surface area (Å²) < 4.78 is 125. The molecule has 0 aromatic heterocycles. The lowest BCUT2D eigenvalue weighted by molar-refractivity contribution is -0.138. The van der Waals surface area contributed by atoms with Crippen molar-refractivity contribution in [2.24, 2.45) is 5.16 Å². The van der Waals surface area contributed by atoms with E-state index < -0.39 is 55.0 Å². The lowest BCUT2D eigenvalue weighted by Crippen LogP contribution is -2.36. The minimum Gasteiger partial charge on any atom is -0.391 e. The molecule has 0 unspecified atom stereocenters. The number of oxime groups is 1. The molecule has 1 heterocycles. The topological polar surface area (TPSA) is 24.8 Å².